The molecule has 1 spiro atoms. The smallest absolute Gasteiger partial charge is 0.278 e. The van der Waals surface area contributed by atoms with Crippen molar-refractivity contribution in [2.75, 3.05) is 39.1 Å². The van der Waals surface area contributed by atoms with Gasteiger partial charge in [0.05, 0.1) is 12.8 Å². The average molecular weight is 544 g/mol. The normalized spacial score (nSPS) is 18.4. The van der Waals surface area contributed by atoms with E-state index in [-0.39, 0.29) is 28.4 Å². The average Bonchev–Trinajstić information content (AvgIpc) is 3.52. The number of piperidine rings is 1. The molecule has 204 valence electrons. The summed E-state index contributed by atoms with van der Waals surface area (Å²) in [5, 5.41) is 9.70. The molecule has 5 rings (SSSR count). The number of likely N-dealkylation sites (tertiary alicyclic amines) is 1. The van der Waals surface area contributed by atoms with E-state index in [1.54, 1.807) is 18.3 Å². The molecule has 0 radical (unpaired) electrons. The van der Waals surface area contributed by atoms with Crippen LogP contribution in [0.3, 0.4) is 0 Å². The Kier molecular flexibility index (Phi) is 7.14. The van der Waals surface area contributed by atoms with Crippen LogP contribution in [-0.4, -0.2) is 77.1 Å². The first-order valence-electron chi connectivity index (χ1n) is 12.9. The summed E-state index contributed by atoms with van der Waals surface area (Å²) in [5.74, 6) is 0.0526. The van der Waals surface area contributed by atoms with Gasteiger partial charge in [-0.05, 0) is 74.5 Å². The summed E-state index contributed by atoms with van der Waals surface area (Å²) in [5.41, 5.74) is 2.63. The summed E-state index contributed by atoms with van der Waals surface area (Å²) >= 11 is 0. The van der Waals surface area contributed by atoms with Crippen molar-refractivity contribution in [2.24, 2.45) is 0 Å². The number of anilines is 2. The zero-order chi connectivity index (χ0) is 27.1. The topological polar surface area (TPSA) is 116 Å². The van der Waals surface area contributed by atoms with E-state index in [0.717, 1.165) is 32.2 Å². The van der Waals surface area contributed by atoms with E-state index in [4.69, 9.17) is 4.74 Å². The predicted molar refractivity (Wildman–Crippen MR) is 143 cm³/mol. The summed E-state index contributed by atoms with van der Waals surface area (Å²) in [6, 6.07) is 6.34. The minimum absolute atomic E-state index is 0.0350. The highest BCUT2D eigenvalue weighted by Crippen LogP contribution is 2.39. The fraction of sp³-hybridized carbons (Fsp3) is 0.500. The Morgan fingerprint density at radius 1 is 1.16 bits per heavy atom. The van der Waals surface area contributed by atoms with Crippen molar-refractivity contribution < 1.29 is 17.5 Å². The second-order valence-electron chi connectivity index (χ2n) is 10.4. The number of rotatable bonds is 7. The molecular formula is C26H34FN7O3S. The lowest BCUT2D eigenvalue weighted by Crippen LogP contribution is -2.52. The molecule has 0 atom stereocenters. The number of aromatic nitrogens is 4. The molecule has 2 fully saturated rings. The van der Waals surface area contributed by atoms with E-state index in [0.29, 0.717) is 41.3 Å². The number of methoxy groups -OCH3 is 1. The van der Waals surface area contributed by atoms with Gasteiger partial charge in [-0.1, -0.05) is 13.8 Å². The Labute approximate surface area is 222 Å². The van der Waals surface area contributed by atoms with Gasteiger partial charge in [0.15, 0.2) is 0 Å². The second-order valence-corrected chi connectivity index (χ2v) is 12.3. The van der Waals surface area contributed by atoms with Gasteiger partial charge in [-0.25, -0.2) is 22.9 Å². The Balaban J connectivity index is 1.43. The third-order valence-corrected chi connectivity index (χ3v) is 9.61. The Morgan fingerprint density at radius 3 is 2.58 bits per heavy atom. The summed E-state index contributed by atoms with van der Waals surface area (Å²) in [7, 11) is -0.199. The molecule has 2 aliphatic rings. The second kappa shape index (κ2) is 10.2. The number of H-pyrrole nitrogens is 1. The standard InChI is InChI=1S/C26H34FN7O3S/c1-17(2)20-15-19(27)16-21(18-6-10-28-22(14-18)37-4)23(20)29-24-30-25(32-31-24)38(35,36)34-12-8-26(9-13-34)7-5-11-33(26)3/h6,10,14-17H,5,7-9,11-13H2,1-4H3,(H2,29,30,31,32). The SMILES string of the molecule is COc1cc(-c2cc(F)cc(C(C)C)c2Nc2n[nH]c(S(=O)(=O)N3CCC4(CCCN4C)CC3)n2)ccn1. The van der Waals surface area contributed by atoms with Gasteiger partial charge in [0.2, 0.25) is 11.8 Å². The Hall–Kier alpha value is -3.09. The lowest BCUT2D eigenvalue weighted by atomic mass is 9.86. The molecule has 2 aromatic heterocycles. The lowest BCUT2D eigenvalue weighted by molar-refractivity contribution is 0.101. The number of nitrogens with zero attached hydrogens (tertiary/aromatic N) is 5. The number of pyridine rings is 1. The van der Waals surface area contributed by atoms with Crippen LogP contribution in [0.15, 0.2) is 35.6 Å². The molecule has 0 unspecified atom stereocenters. The first-order valence-corrected chi connectivity index (χ1v) is 14.3. The molecule has 0 bridgehead atoms. The molecule has 1 aromatic carbocycles. The van der Waals surface area contributed by atoms with Crippen LogP contribution in [0.1, 0.15) is 51.0 Å². The van der Waals surface area contributed by atoms with Gasteiger partial charge < -0.3 is 15.0 Å². The quantitative estimate of drug-likeness (QED) is 0.457. The molecule has 0 aliphatic carbocycles. The minimum atomic E-state index is -3.84. The van der Waals surface area contributed by atoms with E-state index in [1.165, 1.54) is 23.5 Å². The monoisotopic (exact) mass is 543 g/mol. The number of benzene rings is 1. The maximum absolute atomic E-state index is 14.7. The maximum atomic E-state index is 14.7. The number of aromatic amines is 1. The number of hydrogen-bond acceptors (Lipinski definition) is 8. The summed E-state index contributed by atoms with van der Waals surface area (Å²) in [6.45, 7) is 5.85. The van der Waals surface area contributed by atoms with Crippen LogP contribution in [0.4, 0.5) is 16.0 Å². The van der Waals surface area contributed by atoms with E-state index in [2.05, 4.69) is 37.4 Å². The third kappa shape index (κ3) is 4.87. The Bertz CT molecular complexity index is 1420. The molecule has 4 heterocycles. The molecule has 0 amide bonds. The number of halogens is 1. The number of ether oxygens (including phenoxy) is 1. The van der Waals surface area contributed by atoms with Gasteiger partial charge in [-0.3, -0.25) is 0 Å². The molecule has 3 aromatic rings. The molecule has 2 saturated heterocycles. The van der Waals surface area contributed by atoms with Gasteiger partial charge in [0, 0.05) is 36.5 Å². The van der Waals surface area contributed by atoms with Gasteiger partial charge in [-0.2, -0.15) is 9.29 Å². The number of sulfonamides is 1. The van der Waals surface area contributed by atoms with Crippen molar-refractivity contribution in [3.05, 3.63) is 41.8 Å². The van der Waals surface area contributed by atoms with E-state index >= 15 is 0 Å². The molecule has 38 heavy (non-hydrogen) atoms. The van der Waals surface area contributed by atoms with Crippen molar-refractivity contribution in [2.45, 2.75) is 56.1 Å². The minimum Gasteiger partial charge on any atom is -0.481 e. The Morgan fingerprint density at radius 2 is 1.92 bits per heavy atom. The van der Waals surface area contributed by atoms with Crippen LogP contribution in [-0.2, 0) is 10.0 Å². The van der Waals surface area contributed by atoms with Gasteiger partial charge >= 0.3 is 0 Å². The molecular weight excluding hydrogens is 509 g/mol. The summed E-state index contributed by atoms with van der Waals surface area (Å²) < 4.78 is 48.2. The third-order valence-electron chi connectivity index (χ3n) is 7.90. The first-order chi connectivity index (χ1) is 18.1. The van der Waals surface area contributed by atoms with Gasteiger partial charge in [0.25, 0.3) is 15.2 Å². The van der Waals surface area contributed by atoms with Crippen LogP contribution in [0.5, 0.6) is 5.88 Å². The van der Waals surface area contributed by atoms with Crippen molar-refractivity contribution in [1.29, 1.82) is 0 Å². The van der Waals surface area contributed by atoms with E-state index in [9.17, 15) is 12.8 Å². The van der Waals surface area contributed by atoms with Crippen molar-refractivity contribution in [1.82, 2.24) is 29.4 Å². The van der Waals surface area contributed by atoms with Crippen molar-refractivity contribution in [3.8, 4) is 17.0 Å². The number of nitrogens with one attached hydrogen (secondary N) is 2. The fourth-order valence-corrected chi connectivity index (χ4v) is 6.91. The van der Waals surface area contributed by atoms with Crippen LogP contribution in [0.25, 0.3) is 11.1 Å². The summed E-state index contributed by atoms with van der Waals surface area (Å²) in [4.78, 5) is 10.8. The zero-order valence-electron chi connectivity index (χ0n) is 22.2. The fourth-order valence-electron chi connectivity index (χ4n) is 5.64. The summed E-state index contributed by atoms with van der Waals surface area (Å²) in [6.07, 6.45) is 5.44. The van der Waals surface area contributed by atoms with Gasteiger partial charge in [-0.15, -0.1) is 5.10 Å². The van der Waals surface area contributed by atoms with Gasteiger partial charge in [0.1, 0.15) is 5.82 Å². The predicted octanol–water partition coefficient (Wildman–Crippen LogP) is 4.13. The van der Waals surface area contributed by atoms with E-state index in [1.807, 2.05) is 13.8 Å². The highest BCUT2D eigenvalue weighted by molar-refractivity contribution is 7.88. The molecule has 12 heteroatoms. The van der Waals surface area contributed by atoms with Crippen LogP contribution in [0.2, 0.25) is 0 Å². The lowest BCUT2D eigenvalue weighted by Gasteiger charge is -2.42. The van der Waals surface area contributed by atoms with Crippen molar-refractivity contribution in [3.63, 3.8) is 0 Å². The first kappa shape index (κ1) is 26.5. The molecule has 0 saturated carbocycles. The highest BCUT2D eigenvalue weighted by Gasteiger charge is 2.44. The maximum Gasteiger partial charge on any atom is 0.278 e. The highest BCUT2D eigenvalue weighted by atomic mass is 32.2. The number of hydrogen-bond donors (Lipinski definition) is 2. The van der Waals surface area contributed by atoms with Crippen molar-refractivity contribution >= 4 is 21.7 Å². The largest absolute Gasteiger partial charge is 0.481 e. The van der Waals surface area contributed by atoms with E-state index < -0.39 is 10.0 Å². The van der Waals surface area contributed by atoms with Crippen LogP contribution in [0, 0.1) is 5.82 Å². The molecule has 2 N–H and O–H groups in total. The molecule has 2 aliphatic heterocycles. The van der Waals surface area contributed by atoms with Crippen LogP contribution < -0.4 is 10.1 Å². The zero-order valence-corrected chi connectivity index (χ0v) is 23.0. The molecule has 10 nitrogen and oxygen atoms in total. The van der Waals surface area contributed by atoms with Crippen LogP contribution >= 0.6 is 0 Å².